The molecule has 2 aromatic rings. The molecule has 8 nitrogen and oxygen atoms in total. The summed E-state index contributed by atoms with van der Waals surface area (Å²) < 4.78 is 0. The van der Waals surface area contributed by atoms with E-state index in [-0.39, 0.29) is 18.4 Å². The maximum Gasteiger partial charge on any atom is 0.239 e. The molecule has 0 saturated heterocycles. The highest BCUT2D eigenvalue weighted by molar-refractivity contribution is 5.91. The molecule has 1 unspecified atom stereocenters. The molecule has 1 aromatic carbocycles. The van der Waals surface area contributed by atoms with Gasteiger partial charge in [0.05, 0.1) is 12.5 Å². The number of carboxylic acid groups (broad SMARTS) is 1. The monoisotopic (exact) mass is 423 g/mol. The first-order chi connectivity index (χ1) is 15.0. The third kappa shape index (κ3) is 6.53. The first-order valence-corrected chi connectivity index (χ1v) is 10.5. The van der Waals surface area contributed by atoms with Crippen molar-refractivity contribution in [3.05, 3.63) is 59.8 Å². The number of pyridine rings is 1. The average molecular weight is 423 g/mol. The van der Waals surface area contributed by atoms with E-state index in [1.807, 2.05) is 30.3 Å². The van der Waals surface area contributed by atoms with Crippen molar-refractivity contribution in [3.63, 3.8) is 0 Å². The summed E-state index contributed by atoms with van der Waals surface area (Å²) in [7, 11) is 0. The van der Waals surface area contributed by atoms with Gasteiger partial charge in [0, 0.05) is 38.2 Å². The first kappa shape index (κ1) is 22.3. The van der Waals surface area contributed by atoms with Gasteiger partial charge in [-0.3, -0.25) is 9.59 Å². The number of hydrogen-bond donors (Lipinski definition) is 2. The molecular weight excluding hydrogens is 396 g/mol. The van der Waals surface area contributed by atoms with Crippen LogP contribution in [-0.2, 0) is 20.8 Å². The van der Waals surface area contributed by atoms with E-state index in [2.05, 4.69) is 15.6 Å². The third-order valence-corrected chi connectivity index (χ3v) is 5.29. The number of benzene rings is 1. The minimum atomic E-state index is -1.28. The fourth-order valence-electron chi connectivity index (χ4n) is 3.73. The van der Waals surface area contributed by atoms with E-state index in [0.29, 0.717) is 25.1 Å². The van der Waals surface area contributed by atoms with Gasteiger partial charge in [-0.05, 0) is 42.5 Å². The summed E-state index contributed by atoms with van der Waals surface area (Å²) >= 11 is 0. The van der Waals surface area contributed by atoms with E-state index in [0.717, 1.165) is 30.8 Å². The fraction of sp³-hybridized carbons (Fsp3) is 0.391. The SMILES string of the molecule is O=C([O-])CC1C(=O)N(CC(=O)NCCCCNc2ccccn2)CCc2ccccc21. The highest BCUT2D eigenvalue weighted by atomic mass is 16.4. The minimum absolute atomic E-state index is 0.0808. The number of amides is 2. The van der Waals surface area contributed by atoms with Crippen molar-refractivity contribution in [3.8, 4) is 0 Å². The second-order valence-electron chi connectivity index (χ2n) is 7.54. The van der Waals surface area contributed by atoms with Crippen LogP contribution in [0.1, 0.15) is 36.3 Å². The Bertz CT molecular complexity index is 903. The Morgan fingerprint density at radius 2 is 1.87 bits per heavy atom. The van der Waals surface area contributed by atoms with Crippen LogP contribution in [0.4, 0.5) is 5.82 Å². The summed E-state index contributed by atoms with van der Waals surface area (Å²) in [6.45, 7) is 1.55. The molecule has 0 spiro atoms. The van der Waals surface area contributed by atoms with Gasteiger partial charge in [0.1, 0.15) is 5.82 Å². The summed E-state index contributed by atoms with van der Waals surface area (Å²) in [4.78, 5) is 42.2. The maximum absolute atomic E-state index is 13.0. The Morgan fingerprint density at radius 1 is 1.10 bits per heavy atom. The Labute approximate surface area is 181 Å². The molecule has 0 fully saturated rings. The van der Waals surface area contributed by atoms with E-state index in [1.54, 1.807) is 18.3 Å². The van der Waals surface area contributed by atoms with Crippen LogP contribution >= 0.6 is 0 Å². The summed E-state index contributed by atoms with van der Waals surface area (Å²) in [6, 6.07) is 13.0. The number of rotatable bonds is 10. The molecule has 1 aromatic heterocycles. The molecule has 1 atom stereocenters. The molecule has 2 N–H and O–H groups in total. The zero-order valence-electron chi connectivity index (χ0n) is 17.4. The Morgan fingerprint density at radius 3 is 2.65 bits per heavy atom. The molecule has 1 aliphatic rings. The van der Waals surface area contributed by atoms with Crippen molar-refractivity contribution in [2.45, 2.75) is 31.6 Å². The van der Waals surface area contributed by atoms with Crippen LogP contribution in [-0.4, -0.2) is 53.8 Å². The van der Waals surface area contributed by atoms with Crippen LogP contribution in [0.5, 0.6) is 0 Å². The molecule has 31 heavy (non-hydrogen) atoms. The van der Waals surface area contributed by atoms with Crippen molar-refractivity contribution in [1.29, 1.82) is 0 Å². The summed E-state index contributed by atoms with van der Waals surface area (Å²) in [5.74, 6) is -1.88. The van der Waals surface area contributed by atoms with Crippen LogP contribution in [0.25, 0.3) is 0 Å². The van der Waals surface area contributed by atoms with Gasteiger partial charge in [-0.1, -0.05) is 30.3 Å². The van der Waals surface area contributed by atoms with Crippen LogP contribution in [0, 0.1) is 0 Å². The summed E-state index contributed by atoms with van der Waals surface area (Å²) in [5.41, 5.74) is 1.64. The zero-order chi connectivity index (χ0) is 22.1. The van der Waals surface area contributed by atoms with Gasteiger partial charge in [0.25, 0.3) is 0 Å². The average Bonchev–Trinajstić information content (AvgIpc) is 2.89. The van der Waals surface area contributed by atoms with E-state index >= 15 is 0 Å². The maximum atomic E-state index is 13.0. The molecule has 0 saturated carbocycles. The number of carboxylic acids is 1. The number of anilines is 1. The number of carbonyl (C=O) groups excluding carboxylic acids is 3. The van der Waals surface area contributed by atoms with Crippen LogP contribution in [0.15, 0.2) is 48.7 Å². The van der Waals surface area contributed by atoms with E-state index in [4.69, 9.17) is 0 Å². The number of aliphatic carboxylic acids is 1. The lowest BCUT2D eigenvalue weighted by Gasteiger charge is -2.24. The van der Waals surface area contributed by atoms with Gasteiger partial charge in [-0.15, -0.1) is 0 Å². The standard InChI is InChI=1S/C23H28N4O4/c28-21(26-13-6-5-12-25-20-9-3-4-11-24-20)16-27-14-10-17-7-1-2-8-18(17)19(23(27)31)15-22(29)30/h1-4,7-9,11,19H,5-6,10,12-16H2,(H,24,25)(H,26,28)(H,29,30)/p-1. The quantitative estimate of drug-likeness (QED) is 0.544. The normalized spacial score (nSPS) is 15.7. The Hall–Kier alpha value is -3.42. The van der Waals surface area contributed by atoms with Crippen molar-refractivity contribution in [1.82, 2.24) is 15.2 Å². The molecular formula is C23H27N4O4-. The largest absolute Gasteiger partial charge is 0.550 e. The lowest BCUT2D eigenvalue weighted by atomic mass is 9.91. The van der Waals surface area contributed by atoms with Crippen molar-refractivity contribution >= 4 is 23.6 Å². The Balaban J connectivity index is 1.46. The highest BCUT2D eigenvalue weighted by Crippen LogP contribution is 2.29. The van der Waals surface area contributed by atoms with Crippen LogP contribution in [0.3, 0.4) is 0 Å². The molecule has 3 rings (SSSR count). The summed E-state index contributed by atoms with van der Waals surface area (Å²) in [6.07, 6.45) is 3.57. The molecule has 164 valence electrons. The van der Waals surface area contributed by atoms with Gasteiger partial charge in [-0.25, -0.2) is 4.98 Å². The highest BCUT2D eigenvalue weighted by Gasteiger charge is 2.31. The molecule has 2 amide bonds. The van der Waals surface area contributed by atoms with E-state index < -0.39 is 18.3 Å². The van der Waals surface area contributed by atoms with E-state index in [1.165, 1.54) is 4.90 Å². The van der Waals surface area contributed by atoms with Crippen molar-refractivity contribution in [2.24, 2.45) is 0 Å². The molecule has 2 heterocycles. The number of nitrogens with zero attached hydrogens (tertiary/aromatic N) is 2. The summed E-state index contributed by atoms with van der Waals surface area (Å²) in [5, 5.41) is 17.3. The molecule has 8 heteroatoms. The number of aromatic nitrogens is 1. The predicted octanol–water partition coefficient (Wildman–Crippen LogP) is 0.698. The second-order valence-corrected chi connectivity index (χ2v) is 7.54. The second kappa shape index (κ2) is 11.1. The number of nitrogens with one attached hydrogen (secondary N) is 2. The number of fused-ring (bicyclic) bond motifs is 1. The lowest BCUT2D eigenvalue weighted by molar-refractivity contribution is -0.306. The minimum Gasteiger partial charge on any atom is -0.550 e. The van der Waals surface area contributed by atoms with Gasteiger partial charge < -0.3 is 25.4 Å². The Kier molecular flexibility index (Phi) is 7.98. The fourth-order valence-corrected chi connectivity index (χ4v) is 3.73. The van der Waals surface area contributed by atoms with Crippen molar-refractivity contribution < 1.29 is 19.5 Å². The van der Waals surface area contributed by atoms with Gasteiger partial charge in [-0.2, -0.15) is 0 Å². The van der Waals surface area contributed by atoms with Crippen molar-refractivity contribution in [2.75, 3.05) is 31.5 Å². The third-order valence-electron chi connectivity index (χ3n) is 5.29. The van der Waals surface area contributed by atoms with Gasteiger partial charge in [0.2, 0.25) is 11.8 Å². The topological polar surface area (TPSA) is 114 Å². The number of hydrogen-bond acceptors (Lipinski definition) is 6. The number of unbranched alkanes of at least 4 members (excludes halogenated alkanes) is 1. The smallest absolute Gasteiger partial charge is 0.239 e. The van der Waals surface area contributed by atoms with Crippen LogP contribution < -0.4 is 15.7 Å². The van der Waals surface area contributed by atoms with Crippen LogP contribution in [0.2, 0.25) is 0 Å². The molecule has 0 aliphatic carbocycles. The molecule has 0 bridgehead atoms. The first-order valence-electron chi connectivity index (χ1n) is 10.5. The predicted molar refractivity (Wildman–Crippen MR) is 114 cm³/mol. The number of carbonyl (C=O) groups is 3. The molecule has 0 radical (unpaired) electrons. The zero-order valence-corrected chi connectivity index (χ0v) is 17.4. The van der Waals surface area contributed by atoms with Gasteiger partial charge in [0.15, 0.2) is 0 Å². The lowest BCUT2D eigenvalue weighted by Crippen LogP contribution is -2.43. The van der Waals surface area contributed by atoms with Gasteiger partial charge >= 0.3 is 0 Å². The molecule has 1 aliphatic heterocycles. The van der Waals surface area contributed by atoms with E-state index in [9.17, 15) is 19.5 Å².